The number of hydrogen-bond acceptors (Lipinski definition) is 3. The molecule has 0 aliphatic carbocycles. The van der Waals surface area contributed by atoms with E-state index in [0.717, 1.165) is 12.8 Å². The van der Waals surface area contributed by atoms with Crippen molar-refractivity contribution in [3.63, 3.8) is 0 Å². The first-order chi connectivity index (χ1) is 5.72. The van der Waals surface area contributed by atoms with Crippen LogP contribution >= 0.6 is 0 Å². The van der Waals surface area contributed by atoms with E-state index >= 15 is 0 Å². The fourth-order valence-electron chi connectivity index (χ4n) is 0.894. The minimum Gasteiger partial charge on any atom is -0.355 e. The van der Waals surface area contributed by atoms with Crippen LogP contribution in [0.15, 0.2) is 0 Å². The van der Waals surface area contributed by atoms with Crippen LogP contribution in [0, 0.1) is 6.92 Å². The van der Waals surface area contributed by atoms with Gasteiger partial charge in [-0.1, -0.05) is 6.42 Å². The minimum absolute atomic E-state index is 0.123. The highest BCUT2D eigenvalue weighted by atomic mass is 16.2. The number of carbonyl (C=O) groups excluding carboxylic acids is 1. The molecule has 0 heterocycles. The van der Waals surface area contributed by atoms with Crippen molar-refractivity contribution in [2.24, 2.45) is 11.5 Å². The van der Waals surface area contributed by atoms with Gasteiger partial charge in [-0.25, -0.2) is 0 Å². The van der Waals surface area contributed by atoms with Crippen molar-refractivity contribution >= 4 is 5.91 Å². The van der Waals surface area contributed by atoms with E-state index in [9.17, 15) is 4.79 Å². The summed E-state index contributed by atoms with van der Waals surface area (Å²) in [6, 6.07) is -0.404. The van der Waals surface area contributed by atoms with Crippen LogP contribution in [0.2, 0.25) is 0 Å². The number of carbonyl (C=O) groups is 1. The van der Waals surface area contributed by atoms with Gasteiger partial charge in [-0.15, -0.1) is 0 Å². The number of unbranched alkanes of at least 4 members (excludes halogenated alkanes) is 1. The molecule has 0 fully saturated rings. The molecule has 12 heavy (non-hydrogen) atoms. The second-order valence-corrected chi connectivity index (χ2v) is 2.68. The Bertz CT molecular complexity index is 127. The van der Waals surface area contributed by atoms with Gasteiger partial charge in [-0.3, -0.25) is 4.79 Å². The maximum atomic E-state index is 11.0. The first kappa shape index (κ1) is 11.4. The summed E-state index contributed by atoms with van der Waals surface area (Å²) < 4.78 is 0. The first-order valence-electron chi connectivity index (χ1n) is 4.25. The van der Waals surface area contributed by atoms with Gasteiger partial charge in [0.15, 0.2) is 0 Å². The maximum Gasteiger partial charge on any atom is 0.236 e. The lowest BCUT2D eigenvalue weighted by Crippen LogP contribution is -2.40. The van der Waals surface area contributed by atoms with Gasteiger partial charge < -0.3 is 16.8 Å². The highest BCUT2D eigenvalue weighted by Gasteiger charge is 2.10. The van der Waals surface area contributed by atoms with Crippen LogP contribution in [0.5, 0.6) is 0 Å². The van der Waals surface area contributed by atoms with Gasteiger partial charge in [-0.2, -0.15) is 0 Å². The fraction of sp³-hybridized carbons (Fsp3) is 0.750. The van der Waals surface area contributed by atoms with Gasteiger partial charge in [0, 0.05) is 6.54 Å². The molecule has 1 amide bonds. The smallest absolute Gasteiger partial charge is 0.236 e. The largest absolute Gasteiger partial charge is 0.355 e. The summed E-state index contributed by atoms with van der Waals surface area (Å²) in [7, 11) is 0. The molecule has 4 nitrogen and oxygen atoms in total. The van der Waals surface area contributed by atoms with E-state index < -0.39 is 6.04 Å². The molecular weight excluding hydrogens is 154 g/mol. The molecule has 0 rings (SSSR count). The van der Waals surface area contributed by atoms with Crippen LogP contribution in [0.3, 0.4) is 0 Å². The van der Waals surface area contributed by atoms with E-state index in [4.69, 9.17) is 11.5 Å². The minimum atomic E-state index is -0.404. The molecule has 1 unspecified atom stereocenters. The molecule has 0 saturated heterocycles. The molecule has 0 bridgehead atoms. The molecule has 5 N–H and O–H groups in total. The summed E-state index contributed by atoms with van der Waals surface area (Å²) in [5.74, 6) is -0.123. The molecule has 0 aliphatic rings. The second kappa shape index (κ2) is 7.06. The topological polar surface area (TPSA) is 81.1 Å². The molecule has 0 aromatic carbocycles. The van der Waals surface area contributed by atoms with E-state index in [1.807, 2.05) is 0 Å². The lowest BCUT2D eigenvalue weighted by molar-refractivity contribution is -0.122. The van der Waals surface area contributed by atoms with Gasteiger partial charge in [0.25, 0.3) is 0 Å². The number of nitrogens with two attached hydrogens (primary N) is 2. The highest BCUT2D eigenvalue weighted by Crippen LogP contribution is 1.97. The molecular formula is C8H18N3O. The van der Waals surface area contributed by atoms with E-state index in [2.05, 4.69) is 12.2 Å². The van der Waals surface area contributed by atoms with Crippen LogP contribution in [-0.2, 0) is 4.79 Å². The molecule has 1 radical (unpaired) electrons. The Morgan fingerprint density at radius 3 is 2.67 bits per heavy atom. The van der Waals surface area contributed by atoms with E-state index in [0.29, 0.717) is 19.5 Å². The Balaban J connectivity index is 3.42. The summed E-state index contributed by atoms with van der Waals surface area (Å²) >= 11 is 0. The standard InChI is InChI=1S/C8H18N3O/c1-2-11-8(12)7(10)5-3-4-6-9/h7H,1-6,9-10H2,(H,11,12). The zero-order chi connectivity index (χ0) is 9.40. The molecule has 1 atom stereocenters. The third kappa shape index (κ3) is 5.09. The predicted molar refractivity (Wildman–Crippen MR) is 49.2 cm³/mol. The Kier molecular flexibility index (Phi) is 6.70. The lowest BCUT2D eigenvalue weighted by Gasteiger charge is -2.09. The van der Waals surface area contributed by atoms with Crippen molar-refractivity contribution in [1.82, 2.24) is 5.32 Å². The van der Waals surface area contributed by atoms with Crippen molar-refractivity contribution in [3.05, 3.63) is 6.92 Å². The number of nitrogens with one attached hydrogen (secondary N) is 1. The van der Waals surface area contributed by atoms with Gasteiger partial charge in [-0.05, 0) is 26.3 Å². The van der Waals surface area contributed by atoms with Gasteiger partial charge >= 0.3 is 0 Å². The summed E-state index contributed by atoms with van der Waals surface area (Å²) in [4.78, 5) is 11.0. The normalized spacial score (nSPS) is 12.6. The van der Waals surface area contributed by atoms with Gasteiger partial charge in [0.05, 0.1) is 6.04 Å². The molecule has 0 aromatic heterocycles. The Hall–Kier alpha value is -0.610. The summed E-state index contributed by atoms with van der Waals surface area (Å²) in [6.45, 7) is 4.55. The number of amides is 1. The van der Waals surface area contributed by atoms with Crippen molar-refractivity contribution in [3.8, 4) is 0 Å². The zero-order valence-corrected chi connectivity index (χ0v) is 7.38. The summed E-state index contributed by atoms with van der Waals surface area (Å²) in [5, 5.41) is 2.57. The maximum absolute atomic E-state index is 11.0. The molecule has 0 saturated carbocycles. The zero-order valence-electron chi connectivity index (χ0n) is 7.38. The Morgan fingerprint density at radius 1 is 1.50 bits per heavy atom. The molecule has 0 spiro atoms. The van der Waals surface area contributed by atoms with Crippen LogP contribution < -0.4 is 16.8 Å². The van der Waals surface area contributed by atoms with Gasteiger partial charge in [0.1, 0.15) is 0 Å². The summed E-state index contributed by atoms with van der Waals surface area (Å²) in [5.41, 5.74) is 10.9. The van der Waals surface area contributed by atoms with E-state index in [1.165, 1.54) is 0 Å². The van der Waals surface area contributed by atoms with Crippen LogP contribution in [0.4, 0.5) is 0 Å². The van der Waals surface area contributed by atoms with Crippen LogP contribution in [-0.4, -0.2) is 25.0 Å². The van der Waals surface area contributed by atoms with Gasteiger partial charge in [0.2, 0.25) is 5.91 Å². The second-order valence-electron chi connectivity index (χ2n) is 2.68. The molecule has 0 aromatic rings. The highest BCUT2D eigenvalue weighted by molar-refractivity contribution is 5.81. The number of hydrogen-bond donors (Lipinski definition) is 3. The lowest BCUT2D eigenvalue weighted by atomic mass is 10.1. The van der Waals surface area contributed by atoms with Crippen molar-refractivity contribution < 1.29 is 4.79 Å². The van der Waals surface area contributed by atoms with Crippen molar-refractivity contribution in [2.75, 3.05) is 13.1 Å². The molecule has 0 aliphatic heterocycles. The van der Waals surface area contributed by atoms with E-state index in [-0.39, 0.29) is 5.91 Å². The predicted octanol–water partition coefficient (Wildman–Crippen LogP) is -0.607. The SMILES string of the molecule is [CH2]CNC(=O)C(N)CCCCN. The van der Waals surface area contributed by atoms with Crippen LogP contribution in [0.25, 0.3) is 0 Å². The average molecular weight is 172 g/mol. The third-order valence-electron chi connectivity index (χ3n) is 1.61. The summed E-state index contributed by atoms with van der Waals surface area (Å²) in [6.07, 6.45) is 2.52. The monoisotopic (exact) mass is 172 g/mol. The first-order valence-corrected chi connectivity index (χ1v) is 4.25. The Morgan fingerprint density at radius 2 is 2.17 bits per heavy atom. The van der Waals surface area contributed by atoms with Crippen molar-refractivity contribution in [2.45, 2.75) is 25.3 Å². The van der Waals surface area contributed by atoms with Crippen molar-refractivity contribution in [1.29, 1.82) is 0 Å². The fourth-order valence-corrected chi connectivity index (χ4v) is 0.894. The average Bonchev–Trinajstić information content (AvgIpc) is 2.05. The van der Waals surface area contributed by atoms with Crippen LogP contribution in [0.1, 0.15) is 19.3 Å². The Labute approximate surface area is 73.7 Å². The molecule has 4 heteroatoms. The molecule has 71 valence electrons. The third-order valence-corrected chi connectivity index (χ3v) is 1.61. The van der Waals surface area contributed by atoms with E-state index in [1.54, 1.807) is 0 Å². The quantitative estimate of drug-likeness (QED) is 0.468. The number of rotatable bonds is 6.